The van der Waals surface area contributed by atoms with E-state index >= 15 is 0 Å². The quantitative estimate of drug-likeness (QED) is 0.113. The Hall–Kier alpha value is -2.94. The second kappa shape index (κ2) is 16.4. The summed E-state index contributed by atoms with van der Waals surface area (Å²) in [6.45, 7) is 29.1. The second-order valence-electron chi connectivity index (χ2n) is 19.2. The van der Waals surface area contributed by atoms with E-state index in [-0.39, 0.29) is 17.4 Å². The summed E-state index contributed by atoms with van der Waals surface area (Å²) in [6, 6.07) is 10.4. The van der Waals surface area contributed by atoms with E-state index in [0.717, 1.165) is 73.1 Å². The Morgan fingerprint density at radius 1 is 0.887 bits per heavy atom. The van der Waals surface area contributed by atoms with Gasteiger partial charge in [-0.3, -0.25) is 4.79 Å². The van der Waals surface area contributed by atoms with E-state index in [1.165, 1.54) is 11.3 Å². The maximum Gasteiger partial charge on any atom is 0.409 e. The number of fused-ring (bicyclic) bond motifs is 2. The standard InChI is InChI=1S/C41H67N5O5Si2/c1-12-13-20-51-39(48)43-18-19-45(41(4,5)28-43)38(47)32-15-14-31-25-35(44(34(31)26-32)29-49-21-23-52(6,7)8)37-33-16-17-40(2,3)27-36(33)46(42-37)30-50-22-24-53(9,10)11/h14-15,25-26H,12-13,16-24,27-30H2,1-11H3. The molecule has 0 spiro atoms. The zero-order chi connectivity index (χ0) is 38.8. The smallest absolute Gasteiger partial charge is 0.409 e. The molecule has 0 bridgehead atoms. The van der Waals surface area contributed by atoms with E-state index in [9.17, 15) is 9.59 Å². The van der Waals surface area contributed by atoms with E-state index < -0.39 is 21.7 Å². The zero-order valence-electron chi connectivity index (χ0n) is 34.7. The predicted octanol–water partition coefficient (Wildman–Crippen LogP) is 9.12. The van der Waals surface area contributed by atoms with Crippen LogP contribution in [0.25, 0.3) is 22.3 Å². The Labute approximate surface area is 320 Å². The normalized spacial score (nSPS) is 17.3. The number of amides is 2. The Morgan fingerprint density at radius 2 is 1.57 bits per heavy atom. The Kier molecular flexibility index (Phi) is 12.8. The summed E-state index contributed by atoms with van der Waals surface area (Å²) in [4.78, 5) is 30.7. The first-order valence-corrected chi connectivity index (χ1v) is 27.3. The van der Waals surface area contributed by atoms with Crippen molar-refractivity contribution >= 4 is 39.1 Å². The maximum atomic E-state index is 14.3. The lowest BCUT2D eigenvalue weighted by Crippen LogP contribution is -2.62. The van der Waals surface area contributed by atoms with Crippen molar-refractivity contribution in [2.75, 3.05) is 39.5 Å². The van der Waals surface area contributed by atoms with Gasteiger partial charge in [-0.05, 0) is 75.2 Å². The molecule has 1 fully saturated rings. The van der Waals surface area contributed by atoms with Crippen LogP contribution in [0, 0.1) is 5.41 Å². The molecule has 2 aromatic heterocycles. The van der Waals surface area contributed by atoms with Gasteiger partial charge in [-0.2, -0.15) is 5.10 Å². The molecule has 1 aliphatic carbocycles. The van der Waals surface area contributed by atoms with Gasteiger partial charge in [-0.25, -0.2) is 9.48 Å². The summed E-state index contributed by atoms with van der Waals surface area (Å²) >= 11 is 0. The summed E-state index contributed by atoms with van der Waals surface area (Å²) in [5, 5.41) is 6.35. The number of piperazine rings is 1. The molecule has 2 amide bonds. The molecular weight excluding hydrogens is 699 g/mol. The number of hydrogen-bond acceptors (Lipinski definition) is 6. The molecule has 3 heterocycles. The minimum atomic E-state index is -1.29. The number of aromatic nitrogens is 3. The lowest BCUT2D eigenvalue weighted by Gasteiger charge is -2.46. The molecule has 12 heteroatoms. The van der Waals surface area contributed by atoms with Crippen LogP contribution in [0.5, 0.6) is 0 Å². The summed E-state index contributed by atoms with van der Waals surface area (Å²) in [5.74, 6) is -0.0378. The van der Waals surface area contributed by atoms with Crippen LogP contribution in [-0.2, 0) is 40.5 Å². The van der Waals surface area contributed by atoms with Gasteiger partial charge in [0.1, 0.15) is 19.2 Å². The van der Waals surface area contributed by atoms with Crippen LogP contribution in [0.2, 0.25) is 51.4 Å². The molecule has 294 valence electrons. The monoisotopic (exact) mass is 765 g/mol. The van der Waals surface area contributed by atoms with Gasteiger partial charge in [-0.15, -0.1) is 0 Å². The SMILES string of the molecule is CCCCOC(=O)N1CCN(C(=O)c2ccc3cc(-c4nn(COCC[Si](C)(C)C)c5c4CCC(C)(C)C5)n(COCC[Si](C)(C)C)c3c2)C(C)(C)C1. The molecule has 5 rings (SSSR count). The Bertz CT molecular complexity index is 1750. The largest absolute Gasteiger partial charge is 0.449 e. The molecule has 0 saturated carbocycles. The molecule has 0 unspecified atom stereocenters. The molecular formula is C41H67N5O5Si2. The van der Waals surface area contributed by atoms with Crippen LogP contribution in [0.4, 0.5) is 4.79 Å². The predicted molar refractivity (Wildman–Crippen MR) is 220 cm³/mol. The molecule has 2 aliphatic rings. The van der Waals surface area contributed by atoms with Crippen LogP contribution < -0.4 is 0 Å². The highest BCUT2D eigenvalue weighted by Crippen LogP contribution is 2.41. The van der Waals surface area contributed by atoms with Gasteiger partial charge in [-0.1, -0.05) is 72.5 Å². The highest BCUT2D eigenvalue weighted by Gasteiger charge is 2.39. The van der Waals surface area contributed by atoms with Crippen LogP contribution >= 0.6 is 0 Å². The van der Waals surface area contributed by atoms with E-state index in [2.05, 4.69) is 81.4 Å². The number of carbonyl (C=O) groups excluding carboxylic acids is 2. The first kappa shape index (κ1) is 41.2. The summed E-state index contributed by atoms with van der Waals surface area (Å²) < 4.78 is 22.5. The highest BCUT2D eigenvalue weighted by molar-refractivity contribution is 6.76. The number of unbranched alkanes of at least 4 members (excludes halogenated alkanes) is 1. The van der Waals surface area contributed by atoms with Crippen LogP contribution in [0.3, 0.4) is 0 Å². The van der Waals surface area contributed by atoms with E-state index in [1.54, 1.807) is 4.90 Å². The average molecular weight is 766 g/mol. The fourth-order valence-corrected chi connectivity index (χ4v) is 8.85. The molecule has 10 nitrogen and oxygen atoms in total. The molecule has 3 aromatic rings. The lowest BCUT2D eigenvalue weighted by atomic mass is 9.76. The molecule has 0 atom stereocenters. The van der Waals surface area contributed by atoms with Crippen molar-refractivity contribution in [2.24, 2.45) is 5.41 Å². The third kappa shape index (κ3) is 10.4. The zero-order valence-corrected chi connectivity index (χ0v) is 36.7. The number of ether oxygens (including phenoxy) is 3. The lowest BCUT2D eigenvalue weighted by molar-refractivity contribution is 0.0134. The highest BCUT2D eigenvalue weighted by atomic mass is 28.3. The Balaban J connectivity index is 1.48. The van der Waals surface area contributed by atoms with Crippen LogP contribution in [-0.4, -0.2) is 97.3 Å². The van der Waals surface area contributed by atoms with Crippen molar-refractivity contribution in [2.45, 2.75) is 137 Å². The topological polar surface area (TPSA) is 91.1 Å². The van der Waals surface area contributed by atoms with Gasteiger partial charge < -0.3 is 28.6 Å². The van der Waals surface area contributed by atoms with Crippen LogP contribution in [0.1, 0.15) is 75.5 Å². The van der Waals surface area contributed by atoms with Crippen molar-refractivity contribution in [3.05, 3.63) is 41.1 Å². The maximum absolute atomic E-state index is 14.3. The summed E-state index contributed by atoms with van der Waals surface area (Å²) in [7, 11) is -2.50. The van der Waals surface area contributed by atoms with Crippen LogP contribution in [0.15, 0.2) is 24.3 Å². The molecule has 0 radical (unpaired) electrons. The van der Waals surface area contributed by atoms with Gasteiger partial charge in [0.05, 0.1) is 23.4 Å². The van der Waals surface area contributed by atoms with Gasteiger partial charge >= 0.3 is 6.09 Å². The van der Waals surface area contributed by atoms with Crippen molar-refractivity contribution in [3.63, 3.8) is 0 Å². The minimum Gasteiger partial charge on any atom is -0.449 e. The van der Waals surface area contributed by atoms with Crippen molar-refractivity contribution in [1.29, 1.82) is 0 Å². The fourth-order valence-electron chi connectivity index (χ4n) is 7.34. The van der Waals surface area contributed by atoms with E-state index in [1.807, 2.05) is 30.9 Å². The third-order valence-electron chi connectivity index (χ3n) is 10.8. The molecule has 0 N–H and O–H groups in total. The van der Waals surface area contributed by atoms with Gasteiger partial charge in [0.25, 0.3) is 5.91 Å². The molecule has 53 heavy (non-hydrogen) atoms. The molecule has 1 aliphatic heterocycles. The summed E-state index contributed by atoms with van der Waals surface area (Å²) in [5.41, 5.74) is 5.80. The van der Waals surface area contributed by atoms with Gasteiger partial charge in [0.15, 0.2) is 0 Å². The first-order chi connectivity index (χ1) is 24.8. The number of nitrogens with zero attached hydrogens (tertiary/aromatic N) is 5. The number of carbonyl (C=O) groups is 2. The number of hydrogen-bond donors (Lipinski definition) is 0. The fraction of sp³-hybridized carbons (Fsp3) is 0.683. The summed E-state index contributed by atoms with van der Waals surface area (Å²) in [6.07, 6.45) is 4.53. The second-order valence-corrected chi connectivity index (χ2v) is 30.4. The number of rotatable bonds is 15. The van der Waals surface area contributed by atoms with Crippen molar-refractivity contribution < 1.29 is 23.8 Å². The Morgan fingerprint density at radius 3 is 2.21 bits per heavy atom. The molecule has 1 aromatic carbocycles. The van der Waals surface area contributed by atoms with Gasteiger partial charge in [0, 0.05) is 71.2 Å². The number of benzene rings is 1. The van der Waals surface area contributed by atoms with Crippen molar-refractivity contribution in [3.8, 4) is 11.4 Å². The average Bonchev–Trinajstić information content (AvgIpc) is 3.59. The van der Waals surface area contributed by atoms with Gasteiger partial charge in [0.2, 0.25) is 0 Å². The minimum absolute atomic E-state index is 0.0378. The van der Waals surface area contributed by atoms with E-state index in [4.69, 9.17) is 19.3 Å². The third-order valence-corrected chi connectivity index (χ3v) is 14.2. The van der Waals surface area contributed by atoms with E-state index in [0.29, 0.717) is 51.9 Å². The molecule has 1 saturated heterocycles. The first-order valence-electron chi connectivity index (χ1n) is 19.9. The van der Waals surface area contributed by atoms with Crippen molar-refractivity contribution in [1.82, 2.24) is 24.1 Å².